The molecule has 0 radical (unpaired) electrons. The monoisotopic (exact) mass is 384 g/mol. The molecule has 0 N–H and O–H groups in total. The van der Waals surface area contributed by atoms with Crippen molar-refractivity contribution in [1.29, 1.82) is 0 Å². The standard InChI is InChI=1S/C25H28N4/c1-4-19-10-7-11-20(18-19)24-21-12-5-6-14-23(21)29(17-9-16-28(2)3)25-22(27-24)13-8-15-26-25/h5-8,10-15,18H,4,9,16-17H2,1-3H3. The molecule has 0 saturated heterocycles. The SMILES string of the molecule is CCc1cccc(C2=Nc3cccnc3N(CCCN(C)C)c3ccccc32)c1. The van der Waals surface area contributed by atoms with Gasteiger partial charge in [-0.05, 0) is 63.3 Å². The number of hydrogen-bond acceptors (Lipinski definition) is 4. The zero-order valence-corrected chi connectivity index (χ0v) is 17.5. The third-order valence-corrected chi connectivity index (χ3v) is 5.30. The molecule has 0 saturated carbocycles. The zero-order chi connectivity index (χ0) is 20.2. The zero-order valence-electron chi connectivity index (χ0n) is 17.5. The predicted octanol–water partition coefficient (Wildman–Crippen LogP) is 5.22. The summed E-state index contributed by atoms with van der Waals surface area (Å²) in [4.78, 5) is 14.4. The lowest BCUT2D eigenvalue weighted by Gasteiger charge is -2.26. The van der Waals surface area contributed by atoms with E-state index in [1.165, 1.54) is 11.3 Å². The third-order valence-electron chi connectivity index (χ3n) is 5.30. The van der Waals surface area contributed by atoms with Crippen molar-refractivity contribution in [2.45, 2.75) is 19.8 Å². The van der Waals surface area contributed by atoms with Gasteiger partial charge in [0, 0.05) is 23.9 Å². The van der Waals surface area contributed by atoms with Gasteiger partial charge in [-0.1, -0.05) is 43.3 Å². The summed E-state index contributed by atoms with van der Waals surface area (Å²) in [6, 6.07) is 21.3. The van der Waals surface area contributed by atoms with Crippen LogP contribution in [0.1, 0.15) is 30.0 Å². The molecule has 0 aliphatic carbocycles. The van der Waals surface area contributed by atoms with Crippen LogP contribution in [0.3, 0.4) is 0 Å². The second-order valence-electron chi connectivity index (χ2n) is 7.69. The molecule has 1 aromatic heterocycles. The predicted molar refractivity (Wildman–Crippen MR) is 122 cm³/mol. The number of aliphatic imine (C=N–C) groups is 1. The summed E-state index contributed by atoms with van der Waals surface area (Å²) in [5.41, 5.74) is 6.74. The highest BCUT2D eigenvalue weighted by atomic mass is 15.2. The molecule has 4 heteroatoms. The minimum absolute atomic E-state index is 0.900. The van der Waals surface area contributed by atoms with Crippen molar-refractivity contribution in [1.82, 2.24) is 9.88 Å². The Morgan fingerprint density at radius 2 is 1.83 bits per heavy atom. The summed E-state index contributed by atoms with van der Waals surface area (Å²) in [6.07, 6.45) is 3.92. The molecule has 29 heavy (non-hydrogen) atoms. The number of rotatable bonds is 6. The molecule has 0 amide bonds. The van der Waals surface area contributed by atoms with Crippen molar-refractivity contribution in [2.75, 3.05) is 32.1 Å². The van der Waals surface area contributed by atoms with Crippen LogP contribution in [0, 0.1) is 0 Å². The number of anilines is 2. The van der Waals surface area contributed by atoms with Crippen LogP contribution in [0.15, 0.2) is 71.9 Å². The van der Waals surface area contributed by atoms with Crippen molar-refractivity contribution in [2.24, 2.45) is 4.99 Å². The molecule has 2 aromatic carbocycles. The number of aryl methyl sites for hydroxylation is 1. The smallest absolute Gasteiger partial charge is 0.159 e. The van der Waals surface area contributed by atoms with Gasteiger partial charge >= 0.3 is 0 Å². The number of hydrogen-bond donors (Lipinski definition) is 0. The van der Waals surface area contributed by atoms with Gasteiger partial charge in [0.25, 0.3) is 0 Å². The minimum Gasteiger partial charge on any atom is -0.324 e. The first-order valence-corrected chi connectivity index (χ1v) is 10.3. The van der Waals surface area contributed by atoms with E-state index in [0.29, 0.717) is 0 Å². The van der Waals surface area contributed by atoms with E-state index in [1.54, 1.807) is 0 Å². The number of fused-ring (bicyclic) bond motifs is 2. The molecule has 1 aliphatic heterocycles. The molecule has 4 nitrogen and oxygen atoms in total. The Kier molecular flexibility index (Phi) is 5.72. The third kappa shape index (κ3) is 4.08. The van der Waals surface area contributed by atoms with Gasteiger partial charge in [-0.25, -0.2) is 9.98 Å². The van der Waals surface area contributed by atoms with E-state index in [9.17, 15) is 0 Å². The number of para-hydroxylation sites is 1. The van der Waals surface area contributed by atoms with Crippen LogP contribution >= 0.6 is 0 Å². The van der Waals surface area contributed by atoms with Crippen molar-refractivity contribution >= 4 is 22.9 Å². The highest BCUT2D eigenvalue weighted by Gasteiger charge is 2.24. The lowest BCUT2D eigenvalue weighted by Crippen LogP contribution is -2.24. The summed E-state index contributed by atoms with van der Waals surface area (Å²) in [6.45, 7) is 4.12. The maximum atomic E-state index is 5.12. The Hall–Kier alpha value is -2.98. The fraction of sp³-hybridized carbons (Fsp3) is 0.280. The van der Waals surface area contributed by atoms with Crippen molar-refractivity contribution in [3.8, 4) is 0 Å². The van der Waals surface area contributed by atoms with E-state index in [4.69, 9.17) is 9.98 Å². The van der Waals surface area contributed by atoms with Crippen LogP contribution < -0.4 is 4.90 Å². The fourth-order valence-electron chi connectivity index (χ4n) is 3.82. The second-order valence-corrected chi connectivity index (χ2v) is 7.69. The van der Waals surface area contributed by atoms with Gasteiger partial charge in [-0.2, -0.15) is 0 Å². The van der Waals surface area contributed by atoms with Crippen molar-refractivity contribution in [3.05, 3.63) is 83.6 Å². The molecular weight excluding hydrogens is 356 g/mol. The van der Waals surface area contributed by atoms with Gasteiger partial charge in [-0.15, -0.1) is 0 Å². The van der Waals surface area contributed by atoms with Crippen LogP contribution in [0.5, 0.6) is 0 Å². The summed E-state index contributed by atoms with van der Waals surface area (Å²) in [5.74, 6) is 0.931. The maximum Gasteiger partial charge on any atom is 0.159 e. The highest BCUT2D eigenvalue weighted by Crippen LogP contribution is 2.39. The Balaban J connectivity index is 1.86. The average molecular weight is 385 g/mol. The van der Waals surface area contributed by atoms with Gasteiger partial charge in [-0.3, -0.25) is 0 Å². The van der Waals surface area contributed by atoms with Crippen LogP contribution in [0.4, 0.5) is 17.2 Å². The van der Waals surface area contributed by atoms with Gasteiger partial charge in [0.15, 0.2) is 5.82 Å². The summed E-state index contributed by atoms with van der Waals surface area (Å²) < 4.78 is 0. The molecule has 148 valence electrons. The second kappa shape index (κ2) is 8.58. The minimum atomic E-state index is 0.900. The Morgan fingerprint density at radius 3 is 2.66 bits per heavy atom. The number of benzene rings is 2. The quantitative estimate of drug-likeness (QED) is 0.584. The summed E-state index contributed by atoms with van der Waals surface area (Å²) >= 11 is 0. The van der Waals surface area contributed by atoms with E-state index < -0.39 is 0 Å². The van der Waals surface area contributed by atoms with Gasteiger partial charge in [0.05, 0.1) is 11.4 Å². The van der Waals surface area contributed by atoms with Gasteiger partial charge in [0.2, 0.25) is 0 Å². The van der Waals surface area contributed by atoms with E-state index in [0.717, 1.165) is 54.3 Å². The van der Waals surface area contributed by atoms with Crippen molar-refractivity contribution in [3.63, 3.8) is 0 Å². The molecule has 2 heterocycles. The average Bonchev–Trinajstić information content (AvgIpc) is 2.89. The summed E-state index contributed by atoms with van der Waals surface area (Å²) in [7, 11) is 4.23. The molecule has 3 aromatic rings. The van der Waals surface area contributed by atoms with Gasteiger partial charge in [0.1, 0.15) is 5.69 Å². The molecule has 0 atom stereocenters. The molecular formula is C25H28N4. The van der Waals surface area contributed by atoms with E-state index >= 15 is 0 Å². The Morgan fingerprint density at radius 1 is 0.966 bits per heavy atom. The topological polar surface area (TPSA) is 31.7 Å². The van der Waals surface area contributed by atoms with E-state index in [2.05, 4.69) is 85.4 Å². The Labute approximate surface area is 173 Å². The van der Waals surface area contributed by atoms with Crippen LogP contribution in [0.2, 0.25) is 0 Å². The van der Waals surface area contributed by atoms with Gasteiger partial charge < -0.3 is 9.80 Å². The largest absolute Gasteiger partial charge is 0.324 e. The van der Waals surface area contributed by atoms with Crippen LogP contribution in [-0.4, -0.2) is 42.8 Å². The van der Waals surface area contributed by atoms with Crippen LogP contribution in [-0.2, 0) is 6.42 Å². The van der Waals surface area contributed by atoms with E-state index in [1.807, 2.05) is 12.3 Å². The lowest BCUT2D eigenvalue weighted by atomic mass is 9.98. The normalized spacial score (nSPS) is 13.0. The first kappa shape index (κ1) is 19.3. The number of aromatic nitrogens is 1. The lowest BCUT2D eigenvalue weighted by molar-refractivity contribution is 0.402. The molecule has 4 rings (SSSR count). The van der Waals surface area contributed by atoms with E-state index in [-0.39, 0.29) is 0 Å². The molecule has 0 spiro atoms. The number of nitrogens with zero attached hydrogens (tertiary/aromatic N) is 4. The molecule has 0 fully saturated rings. The fourth-order valence-corrected chi connectivity index (χ4v) is 3.82. The molecule has 0 bridgehead atoms. The Bertz CT molecular complexity index is 1020. The number of pyridine rings is 1. The first-order valence-electron chi connectivity index (χ1n) is 10.3. The van der Waals surface area contributed by atoms with Crippen molar-refractivity contribution < 1.29 is 0 Å². The highest BCUT2D eigenvalue weighted by molar-refractivity contribution is 6.18. The van der Waals surface area contributed by atoms with Crippen LogP contribution in [0.25, 0.3) is 0 Å². The summed E-state index contributed by atoms with van der Waals surface area (Å²) in [5, 5.41) is 0. The molecule has 0 unspecified atom stereocenters. The molecule has 1 aliphatic rings. The maximum absolute atomic E-state index is 5.12. The first-order chi connectivity index (χ1) is 14.2.